The molecule has 1 amide bonds. The van der Waals surface area contributed by atoms with E-state index in [2.05, 4.69) is 5.32 Å². The van der Waals surface area contributed by atoms with Crippen LogP contribution in [0.3, 0.4) is 0 Å². The van der Waals surface area contributed by atoms with Gasteiger partial charge >= 0.3 is 0 Å². The van der Waals surface area contributed by atoms with Crippen LogP contribution in [0.1, 0.15) is 41.6 Å². The van der Waals surface area contributed by atoms with Crippen LogP contribution in [0.4, 0.5) is 0 Å². The quantitative estimate of drug-likeness (QED) is 0.846. The van der Waals surface area contributed by atoms with Crippen LogP contribution in [-0.4, -0.2) is 31.3 Å². The Bertz CT molecular complexity index is 444. The zero-order chi connectivity index (χ0) is 15.1. The molecule has 0 heterocycles. The van der Waals surface area contributed by atoms with Crippen molar-refractivity contribution in [2.24, 2.45) is 11.8 Å². The van der Waals surface area contributed by atoms with E-state index in [0.29, 0.717) is 30.6 Å². The van der Waals surface area contributed by atoms with E-state index >= 15 is 0 Å². The molecule has 4 heteroatoms. The molecule has 1 aromatic rings. The molecule has 1 aliphatic carbocycles. The van der Waals surface area contributed by atoms with Gasteiger partial charge in [0.1, 0.15) is 0 Å². The van der Waals surface area contributed by atoms with Gasteiger partial charge in [-0.15, -0.1) is 0 Å². The summed E-state index contributed by atoms with van der Waals surface area (Å²) in [6.07, 6.45) is 4.56. The van der Waals surface area contributed by atoms with Crippen LogP contribution in [-0.2, 0) is 11.3 Å². The Labute approximate surface area is 126 Å². The molecule has 0 spiro atoms. The Morgan fingerprint density at radius 1 is 1.24 bits per heavy atom. The van der Waals surface area contributed by atoms with E-state index in [0.717, 1.165) is 18.4 Å². The lowest BCUT2D eigenvalue weighted by molar-refractivity contribution is 0.0909. The number of carbonyl (C=O) groups excluding carboxylic acids is 1. The SMILES string of the molecule is COCc1ccc(C(=O)NCC2CCCCC2CO)cc1. The van der Waals surface area contributed by atoms with Crippen LogP contribution in [0.2, 0.25) is 0 Å². The molecular weight excluding hydrogens is 266 g/mol. The molecule has 116 valence electrons. The largest absolute Gasteiger partial charge is 0.396 e. The number of carbonyl (C=O) groups is 1. The van der Waals surface area contributed by atoms with Gasteiger partial charge in [-0.1, -0.05) is 25.0 Å². The monoisotopic (exact) mass is 291 g/mol. The van der Waals surface area contributed by atoms with E-state index in [1.54, 1.807) is 7.11 Å². The van der Waals surface area contributed by atoms with Gasteiger partial charge in [-0.25, -0.2) is 0 Å². The number of methoxy groups -OCH3 is 1. The maximum absolute atomic E-state index is 12.1. The van der Waals surface area contributed by atoms with E-state index in [-0.39, 0.29) is 12.5 Å². The highest BCUT2D eigenvalue weighted by Crippen LogP contribution is 2.29. The van der Waals surface area contributed by atoms with Gasteiger partial charge in [0.15, 0.2) is 0 Å². The van der Waals surface area contributed by atoms with Crippen LogP contribution < -0.4 is 5.32 Å². The first-order valence-electron chi connectivity index (χ1n) is 7.71. The van der Waals surface area contributed by atoms with E-state index in [1.807, 2.05) is 24.3 Å². The third kappa shape index (κ3) is 4.55. The fraction of sp³-hybridized carbons (Fsp3) is 0.588. The van der Waals surface area contributed by atoms with Gasteiger partial charge in [0, 0.05) is 25.8 Å². The predicted molar refractivity (Wildman–Crippen MR) is 82.0 cm³/mol. The minimum atomic E-state index is -0.0405. The number of benzene rings is 1. The number of aliphatic hydroxyl groups excluding tert-OH is 1. The summed E-state index contributed by atoms with van der Waals surface area (Å²) in [5.41, 5.74) is 1.73. The minimum Gasteiger partial charge on any atom is -0.396 e. The lowest BCUT2D eigenvalue weighted by Gasteiger charge is -2.30. The molecular formula is C17H25NO3. The summed E-state index contributed by atoms with van der Waals surface area (Å²) in [7, 11) is 1.66. The van der Waals surface area contributed by atoms with Crippen LogP contribution in [0, 0.1) is 11.8 Å². The van der Waals surface area contributed by atoms with Crippen molar-refractivity contribution in [3.8, 4) is 0 Å². The second-order valence-corrected chi connectivity index (χ2v) is 5.83. The molecule has 2 unspecified atom stereocenters. The molecule has 0 aliphatic heterocycles. The summed E-state index contributed by atoms with van der Waals surface area (Å²) in [6.45, 7) is 1.44. The van der Waals surface area contributed by atoms with Gasteiger partial charge in [-0.2, -0.15) is 0 Å². The maximum Gasteiger partial charge on any atom is 0.251 e. The highest BCUT2D eigenvalue weighted by molar-refractivity contribution is 5.94. The summed E-state index contributed by atoms with van der Waals surface area (Å²) >= 11 is 0. The highest BCUT2D eigenvalue weighted by atomic mass is 16.5. The molecule has 1 aliphatic rings. The molecule has 1 saturated carbocycles. The van der Waals surface area contributed by atoms with Crippen LogP contribution in [0.5, 0.6) is 0 Å². The smallest absolute Gasteiger partial charge is 0.251 e. The maximum atomic E-state index is 12.1. The average Bonchev–Trinajstić information content (AvgIpc) is 2.54. The lowest BCUT2D eigenvalue weighted by Crippen LogP contribution is -2.35. The number of hydrogen-bond donors (Lipinski definition) is 2. The Balaban J connectivity index is 1.85. The van der Waals surface area contributed by atoms with Gasteiger partial charge in [-0.05, 0) is 42.4 Å². The number of ether oxygens (including phenoxy) is 1. The number of amides is 1. The first-order valence-corrected chi connectivity index (χ1v) is 7.71. The third-order valence-corrected chi connectivity index (χ3v) is 4.35. The molecule has 1 aromatic carbocycles. The van der Waals surface area contributed by atoms with Crippen LogP contribution >= 0.6 is 0 Å². The molecule has 2 atom stereocenters. The van der Waals surface area contributed by atoms with Crippen molar-refractivity contribution in [2.45, 2.75) is 32.3 Å². The topological polar surface area (TPSA) is 58.6 Å². The van der Waals surface area contributed by atoms with Crippen molar-refractivity contribution in [1.29, 1.82) is 0 Å². The summed E-state index contributed by atoms with van der Waals surface area (Å²) in [6, 6.07) is 7.48. The zero-order valence-electron chi connectivity index (χ0n) is 12.7. The summed E-state index contributed by atoms with van der Waals surface area (Å²) in [5.74, 6) is 0.699. The third-order valence-electron chi connectivity index (χ3n) is 4.35. The average molecular weight is 291 g/mol. The standard InChI is InChI=1S/C17H25NO3/c1-21-12-13-6-8-14(9-7-13)17(20)18-10-15-4-2-3-5-16(15)11-19/h6-9,15-16,19H,2-5,10-12H2,1H3,(H,18,20). The molecule has 1 fully saturated rings. The van der Waals surface area contributed by atoms with Crippen molar-refractivity contribution in [2.75, 3.05) is 20.3 Å². The number of rotatable bonds is 6. The van der Waals surface area contributed by atoms with E-state index in [4.69, 9.17) is 4.74 Å². The summed E-state index contributed by atoms with van der Waals surface area (Å²) in [4.78, 5) is 12.1. The zero-order valence-corrected chi connectivity index (χ0v) is 12.7. The van der Waals surface area contributed by atoms with Gasteiger partial charge in [0.25, 0.3) is 5.91 Å². The second-order valence-electron chi connectivity index (χ2n) is 5.83. The molecule has 4 nitrogen and oxygen atoms in total. The van der Waals surface area contributed by atoms with Crippen molar-refractivity contribution in [3.05, 3.63) is 35.4 Å². The van der Waals surface area contributed by atoms with E-state index < -0.39 is 0 Å². The molecule has 2 rings (SSSR count). The lowest BCUT2D eigenvalue weighted by atomic mass is 9.79. The van der Waals surface area contributed by atoms with E-state index in [1.165, 1.54) is 12.8 Å². The van der Waals surface area contributed by atoms with Gasteiger partial charge in [0.05, 0.1) is 6.61 Å². The van der Waals surface area contributed by atoms with Gasteiger partial charge in [-0.3, -0.25) is 4.79 Å². The Morgan fingerprint density at radius 3 is 2.52 bits per heavy atom. The highest BCUT2D eigenvalue weighted by Gasteiger charge is 2.24. The number of aliphatic hydroxyl groups is 1. The molecule has 0 saturated heterocycles. The Kier molecular flexibility index (Phi) is 6.21. The van der Waals surface area contributed by atoms with Crippen LogP contribution in [0.15, 0.2) is 24.3 Å². The van der Waals surface area contributed by atoms with Crippen molar-refractivity contribution in [3.63, 3.8) is 0 Å². The fourth-order valence-corrected chi connectivity index (χ4v) is 3.04. The summed E-state index contributed by atoms with van der Waals surface area (Å²) in [5, 5.41) is 12.4. The molecule has 0 bridgehead atoms. The second kappa shape index (κ2) is 8.15. The molecule has 21 heavy (non-hydrogen) atoms. The Hall–Kier alpha value is -1.39. The molecule has 0 radical (unpaired) electrons. The first-order chi connectivity index (χ1) is 10.2. The number of nitrogens with one attached hydrogen (secondary N) is 1. The fourth-order valence-electron chi connectivity index (χ4n) is 3.04. The normalized spacial score (nSPS) is 22.0. The van der Waals surface area contributed by atoms with Crippen LogP contribution in [0.25, 0.3) is 0 Å². The molecule has 0 aromatic heterocycles. The predicted octanol–water partition coefficient (Wildman–Crippen LogP) is 2.36. The van der Waals surface area contributed by atoms with Gasteiger partial charge < -0.3 is 15.2 Å². The summed E-state index contributed by atoms with van der Waals surface area (Å²) < 4.78 is 5.05. The first kappa shape index (κ1) is 16.0. The molecule has 2 N–H and O–H groups in total. The van der Waals surface area contributed by atoms with E-state index in [9.17, 15) is 9.90 Å². The number of hydrogen-bond acceptors (Lipinski definition) is 3. The van der Waals surface area contributed by atoms with Crippen molar-refractivity contribution >= 4 is 5.91 Å². The Morgan fingerprint density at radius 2 is 1.90 bits per heavy atom. The van der Waals surface area contributed by atoms with Crippen molar-refractivity contribution in [1.82, 2.24) is 5.32 Å². The minimum absolute atomic E-state index is 0.0405. The van der Waals surface area contributed by atoms with Crippen molar-refractivity contribution < 1.29 is 14.6 Å². The van der Waals surface area contributed by atoms with Gasteiger partial charge in [0.2, 0.25) is 0 Å².